The number of fused-ring (bicyclic) bond motifs is 2. The zero-order valence-electron chi connectivity index (χ0n) is 17.8. The Morgan fingerprint density at radius 3 is 2.20 bits per heavy atom. The summed E-state index contributed by atoms with van der Waals surface area (Å²) in [7, 11) is 0. The Hall–Kier alpha value is -4.70. The summed E-state index contributed by atoms with van der Waals surface area (Å²) in [6, 6.07) is 18.8. The van der Waals surface area contributed by atoms with Gasteiger partial charge >= 0.3 is 0 Å². The van der Waals surface area contributed by atoms with Gasteiger partial charge in [-0.1, -0.05) is 12.1 Å². The predicted octanol–water partition coefficient (Wildman–Crippen LogP) is 4.65. The van der Waals surface area contributed by atoms with Crippen molar-refractivity contribution in [1.82, 2.24) is 14.6 Å². The zero-order valence-corrected chi connectivity index (χ0v) is 18.6. The Kier molecular flexibility index (Phi) is 4.75. The summed E-state index contributed by atoms with van der Waals surface area (Å²) in [6.07, 6.45) is 0. The van der Waals surface area contributed by atoms with Crippen LogP contribution in [0.15, 0.2) is 78.2 Å². The van der Waals surface area contributed by atoms with Crippen molar-refractivity contribution in [1.29, 1.82) is 0 Å². The number of aromatic nitrogens is 3. The van der Waals surface area contributed by atoms with Gasteiger partial charge in [0, 0.05) is 16.5 Å². The lowest BCUT2D eigenvalue weighted by molar-refractivity contribution is 0.0925. The second kappa shape index (κ2) is 7.96. The molecular weight excluding hydrogens is 469 g/mol. The van der Waals surface area contributed by atoms with E-state index in [1.165, 1.54) is 35.6 Å². The Bertz CT molecular complexity index is 1610. The van der Waals surface area contributed by atoms with E-state index in [1.54, 1.807) is 53.0 Å². The fourth-order valence-electron chi connectivity index (χ4n) is 3.91. The molecule has 0 unspecified atom stereocenters. The summed E-state index contributed by atoms with van der Waals surface area (Å²) in [5.74, 6) is -1.46. The summed E-state index contributed by atoms with van der Waals surface area (Å²) in [6.45, 7) is 0. The second-order valence-corrected chi connectivity index (χ2v) is 8.59. The molecule has 3 aromatic carbocycles. The van der Waals surface area contributed by atoms with E-state index < -0.39 is 17.7 Å². The Balaban J connectivity index is 1.21. The maximum Gasteiger partial charge on any atom is 0.266 e. The number of halogens is 1. The van der Waals surface area contributed by atoms with Crippen LogP contribution in [-0.2, 0) is 0 Å². The molecule has 8 nitrogen and oxygen atoms in total. The van der Waals surface area contributed by atoms with Crippen LogP contribution in [0.1, 0.15) is 31.1 Å². The molecule has 170 valence electrons. The summed E-state index contributed by atoms with van der Waals surface area (Å²) >= 11 is 1.34. The van der Waals surface area contributed by atoms with Gasteiger partial charge in [0.2, 0.25) is 4.96 Å². The number of imide groups is 1. The molecule has 2 aromatic heterocycles. The number of nitrogens with one attached hydrogen (secondary N) is 1. The van der Waals surface area contributed by atoms with Crippen LogP contribution in [-0.4, -0.2) is 32.3 Å². The first-order chi connectivity index (χ1) is 17.0. The molecule has 10 heteroatoms. The molecule has 0 atom stereocenters. The van der Waals surface area contributed by atoms with E-state index in [4.69, 9.17) is 0 Å². The molecule has 0 saturated carbocycles. The van der Waals surface area contributed by atoms with E-state index in [0.29, 0.717) is 27.3 Å². The van der Waals surface area contributed by atoms with Gasteiger partial charge in [-0.15, -0.1) is 16.4 Å². The number of benzene rings is 3. The van der Waals surface area contributed by atoms with Crippen LogP contribution in [0.4, 0.5) is 16.0 Å². The third-order valence-electron chi connectivity index (χ3n) is 5.63. The van der Waals surface area contributed by atoms with Gasteiger partial charge in [-0.25, -0.2) is 13.8 Å². The largest absolute Gasteiger partial charge is 0.289 e. The normalized spacial score (nSPS) is 12.9. The van der Waals surface area contributed by atoms with Gasteiger partial charge in [-0.3, -0.25) is 19.7 Å². The van der Waals surface area contributed by atoms with E-state index in [0.717, 1.165) is 16.2 Å². The van der Waals surface area contributed by atoms with Crippen molar-refractivity contribution in [3.63, 3.8) is 0 Å². The molecule has 35 heavy (non-hydrogen) atoms. The lowest BCUT2D eigenvalue weighted by Crippen LogP contribution is -2.29. The van der Waals surface area contributed by atoms with Gasteiger partial charge in [0.25, 0.3) is 23.7 Å². The molecular formula is C25H14FN5O3S. The first-order valence-electron chi connectivity index (χ1n) is 10.5. The number of amides is 3. The monoisotopic (exact) mass is 483 g/mol. The number of thiazole rings is 1. The van der Waals surface area contributed by atoms with Crippen molar-refractivity contribution in [2.24, 2.45) is 0 Å². The molecule has 0 aliphatic carbocycles. The summed E-state index contributed by atoms with van der Waals surface area (Å²) in [5.41, 5.74) is 2.88. The number of carbonyl (C=O) groups is 3. The van der Waals surface area contributed by atoms with Gasteiger partial charge in [0.1, 0.15) is 5.82 Å². The van der Waals surface area contributed by atoms with Crippen molar-refractivity contribution in [3.8, 4) is 11.3 Å². The van der Waals surface area contributed by atoms with Crippen LogP contribution in [0, 0.1) is 5.82 Å². The Morgan fingerprint density at radius 2 is 1.54 bits per heavy atom. The maximum atomic E-state index is 13.2. The van der Waals surface area contributed by atoms with Crippen LogP contribution in [0.25, 0.3) is 16.2 Å². The van der Waals surface area contributed by atoms with Crippen LogP contribution in [0.5, 0.6) is 0 Å². The quantitative estimate of drug-likeness (QED) is 0.376. The van der Waals surface area contributed by atoms with E-state index in [-0.39, 0.29) is 11.8 Å². The summed E-state index contributed by atoms with van der Waals surface area (Å²) < 4.78 is 14.8. The number of hydrogen-bond donors (Lipinski definition) is 1. The van der Waals surface area contributed by atoms with Crippen molar-refractivity contribution in [2.75, 3.05) is 10.2 Å². The van der Waals surface area contributed by atoms with Crippen LogP contribution >= 0.6 is 11.3 Å². The van der Waals surface area contributed by atoms with Crippen LogP contribution < -0.4 is 10.2 Å². The average Bonchev–Trinajstić information content (AvgIpc) is 3.52. The number of anilines is 2. The lowest BCUT2D eigenvalue weighted by atomic mass is 10.1. The minimum Gasteiger partial charge on any atom is -0.289 e. The van der Waals surface area contributed by atoms with Crippen molar-refractivity contribution in [2.45, 2.75) is 0 Å². The summed E-state index contributed by atoms with van der Waals surface area (Å²) in [5, 5.41) is 8.87. The molecule has 3 amide bonds. The van der Waals surface area contributed by atoms with Crippen molar-refractivity contribution >= 4 is 45.7 Å². The molecule has 0 spiro atoms. The third-order valence-corrected chi connectivity index (χ3v) is 6.44. The highest BCUT2D eigenvalue weighted by Gasteiger charge is 2.36. The van der Waals surface area contributed by atoms with Gasteiger partial charge < -0.3 is 0 Å². The molecule has 1 aliphatic rings. The van der Waals surface area contributed by atoms with E-state index in [2.05, 4.69) is 15.4 Å². The van der Waals surface area contributed by atoms with Gasteiger partial charge in [0.15, 0.2) is 0 Å². The lowest BCUT2D eigenvalue weighted by Gasteiger charge is -2.14. The molecule has 0 bridgehead atoms. The first kappa shape index (κ1) is 20.9. The summed E-state index contributed by atoms with van der Waals surface area (Å²) in [4.78, 5) is 44.1. The van der Waals surface area contributed by atoms with E-state index in [1.807, 2.05) is 5.38 Å². The molecule has 0 fully saturated rings. The highest BCUT2D eigenvalue weighted by molar-refractivity contribution is 7.15. The smallest absolute Gasteiger partial charge is 0.266 e. The predicted molar refractivity (Wildman–Crippen MR) is 128 cm³/mol. The SMILES string of the molecule is O=C(Nc1nc2scc(-c3ccc(F)cc3)n2n1)c1ccc(N2C(=O)c3ccccc3C2=O)cc1. The number of rotatable bonds is 4. The molecule has 6 rings (SSSR count). The molecule has 0 saturated heterocycles. The highest BCUT2D eigenvalue weighted by Crippen LogP contribution is 2.29. The fourth-order valence-corrected chi connectivity index (χ4v) is 4.74. The number of hydrogen-bond acceptors (Lipinski definition) is 6. The molecule has 1 aliphatic heterocycles. The topological polar surface area (TPSA) is 96.7 Å². The molecule has 3 heterocycles. The third kappa shape index (κ3) is 3.47. The first-order valence-corrected chi connectivity index (χ1v) is 11.4. The van der Waals surface area contributed by atoms with E-state index >= 15 is 0 Å². The highest BCUT2D eigenvalue weighted by atomic mass is 32.1. The number of carbonyl (C=O) groups excluding carboxylic acids is 3. The van der Waals surface area contributed by atoms with Crippen molar-refractivity contribution < 1.29 is 18.8 Å². The Labute approximate surface area is 201 Å². The molecule has 1 N–H and O–H groups in total. The fraction of sp³-hybridized carbons (Fsp3) is 0. The minimum atomic E-state index is -0.444. The zero-order chi connectivity index (χ0) is 24.1. The van der Waals surface area contributed by atoms with E-state index in [9.17, 15) is 18.8 Å². The van der Waals surface area contributed by atoms with Gasteiger partial charge in [-0.05, 0) is 60.7 Å². The minimum absolute atomic E-state index is 0.120. The molecule has 5 aromatic rings. The maximum absolute atomic E-state index is 13.2. The average molecular weight is 483 g/mol. The number of nitrogens with zero attached hydrogens (tertiary/aromatic N) is 4. The van der Waals surface area contributed by atoms with Crippen LogP contribution in [0.3, 0.4) is 0 Å². The van der Waals surface area contributed by atoms with Crippen molar-refractivity contribution in [3.05, 3.63) is 101 Å². The standard InChI is InChI=1S/C25H14FN5O3S/c26-16-9-5-14(6-10-16)20-13-35-25-28-24(29-31(20)25)27-21(32)15-7-11-17(12-8-15)30-22(33)18-3-1-2-4-19(18)23(30)34/h1-13H,(H,27,29,32). The molecule has 0 radical (unpaired) electrons. The second-order valence-electron chi connectivity index (χ2n) is 7.75. The van der Waals surface area contributed by atoms with Gasteiger partial charge in [-0.2, -0.15) is 4.98 Å². The Morgan fingerprint density at radius 1 is 0.886 bits per heavy atom. The van der Waals surface area contributed by atoms with Gasteiger partial charge in [0.05, 0.1) is 22.5 Å². The van der Waals surface area contributed by atoms with Crippen LogP contribution in [0.2, 0.25) is 0 Å².